The molecule has 0 radical (unpaired) electrons. The molecule has 2 rings (SSSR count). The van der Waals surface area contributed by atoms with E-state index in [-0.39, 0.29) is 10.6 Å². The van der Waals surface area contributed by atoms with Gasteiger partial charge in [0.05, 0.1) is 4.47 Å². The zero-order valence-corrected chi connectivity index (χ0v) is 12.9. The number of carbonyl (C=O) groups is 1. The molecular weight excluding hydrogens is 344 g/mol. The Kier molecular flexibility index (Phi) is 4.25. The topological polar surface area (TPSA) is 60.4 Å². The molecule has 0 aromatic heterocycles. The predicted octanol–water partition coefficient (Wildman–Crippen LogP) is 3.34. The highest BCUT2D eigenvalue weighted by Gasteiger charge is 2.18. The largest absolute Gasteiger partial charge is 0.378 e. The van der Waals surface area contributed by atoms with Crippen LogP contribution in [0.3, 0.4) is 0 Å². The SMILES string of the molecule is Cc1ccc(S(=O)(=O)Oc2ccc(C=O)cc2Br)cc1. The van der Waals surface area contributed by atoms with Crippen LogP contribution in [-0.2, 0) is 10.1 Å². The highest BCUT2D eigenvalue weighted by Crippen LogP contribution is 2.28. The molecule has 0 fully saturated rings. The van der Waals surface area contributed by atoms with Crippen LogP contribution in [-0.4, -0.2) is 14.7 Å². The zero-order chi connectivity index (χ0) is 14.8. The van der Waals surface area contributed by atoms with E-state index in [1.54, 1.807) is 12.1 Å². The summed E-state index contributed by atoms with van der Waals surface area (Å²) in [6, 6.07) is 10.8. The molecule has 0 atom stereocenters. The van der Waals surface area contributed by atoms with Crippen molar-refractivity contribution in [1.29, 1.82) is 0 Å². The minimum atomic E-state index is -3.89. The summed E-state index contributed by atoms with van der Waals surface area (Å²) < 4.78 is 29.7. The molecule has 0 N–H and O–H groups in total. The monoisotopic (exact) mass is 354 g/mol. The first-order valence-electron chi connectivity index (χ1n) is 5.68. The van der Waals surface area contributed by atoms with Gasteiger partial charge in [0.25, 0.3) is 0 Å². The number of halogens is 1. The molecule has 0 spiro atoms. The van der Waals surface area contributed by atoms with Gasteiger partial charge in [-0.3, -0.25) is 4.79 Å². The first-order valence-corrected chi connectivity index (χ1v) is 7.88. The Morgan fingerprint density at radius 1 is 1.10 bits per heavy atom. The Morgan fingerprint density at radius 2 is 1.75 bits per heavy atom. The summed E-state index contributed by atoms with van der Waals surface area (Å²) in [5.41, 5.74) is 1.39. The van der Waals surface area contributed by atoms with Crippen molar-refractivity contribution in [2.75, 3.05) is 0 Å². The zero-order valence-electron chi connectivity index (χ0n) is 10.5. The lowest BCUT2D eigenvalue weighted by Crippen LogP contribution is -2.10. The number of hydrogen-bond acceptors (Lipinski definition) is 4. The van der Waals surface area contributed by atoms with Gasteiger partial charge in [-0.15, -0.1) is 0 Å². The van der Waals surface area contributed by atoms with Crippen molar-refractivity contribution in [2.24, 2.45) is 0 Å². The first kappa shape index (κ1) is 14.7. The summed E-state index contributed by atoms with van der Waals surface area (Å²) >= 11 is 3.18. The normalized spacial score (nSPS) is 11.1. The van der Waals surface area contributed by atoms with Gasteiger partial charge in [-0.05, 0) is 53.2 Å². The summed E-state index contributed by atoms with van der Waals surface area (Å²) in [6.45, 7) is 1.87. The third-order valence-corrected chi connectivity index (χ3v) is 4.47. The van der Waals surface area contributed by atoms with Gasteiger partial charge in [0.15, 0.2) is 5.75 Å². The third-order valence-electron chi connectivity index (χ3n) is 2.60. The van der Waals surface area contributed by atoms with Crippen LogP contribution in [0, 0.1) is 6.92 Å². The van der Waals surface area contributed by atoms with Gasteiger partial charge in [0, 0.05) is 5.56 Å². The number of aldehydes is 1. The van der Waals surface area contributed by atoms with Gasteiger partial charge >= 0.3 is 10.1 Å². The van der Waals surface area contributed by atoms with Crippen molar-refractivity contribution in [3.05, 3.63) is 58.1 Å². The van der Waals surface area contributed by atoms with Gasteiger partial charge in [-0.1, -0.05) is 17.7 Å². The molecule has 0 heterocycles. The Balaban J connectivity index is 2.33. The lowest BCUT2D eigenvalue weighted by atomic mass is 10.2. The summed E-state index contributed by atoms with van der Waals surface area (Å²) in [5.74, 6) is 0.135. The minimum Gasteiger partial charge on any atom is -0.378 e. The molecule has 0 aliphatic heterocycles. The first-order chi connectivity index (χ1) is 9.42. The molecule has 0 amide bonds. The van der Waals surface area contributed by atoms with Crippen molar-refractivity contribution in [2.45, 2.75) is 11.8 Å². The molecule has 0 bridgehead atoms. The fourth-order valence-electron chi connectivity index (χ4n) is 1.53. The van der Waals surface area contributed by atoms with E-state index in [0.717, 1.165) is 5.56 Å². The van der Waals surface area contributed by atoms with E-state index >= 15 is 0 Å². The van der Waals surface area contributed by atoms with E-state index < -0.39 is 10.1 Å². The molecule has 0 saturated carbocycles. The Hall–Kier alpha value is -1.66. The number of carbonyl (C=O) groups excluding carboxylic acids is 1. The second kappa shape index (κ2) is 5.76. The molecule has 4 nitrogen and oxygen atoms in total. The highest BCUT2D eigenvalue weighted by molar-refractivity contribution is 9.10. The van der Waals surface area contributed by atoms with Crippen LogP contribution in [0.15, 0.2) is 51.8 Å². The molecule has 0 aliphatic rings. The van der Waals surface area contributed by atoms with Gasteiger partial charge in [-0.2, -0.15) is 8.42 Å². The van der Waals surface area contributed by atoms with E-state index in [0.29, 0.717) is 16.3 Å². The molecule has 0 unspecified atom stereocenters. The minimum absolute atomic E-state index is 0.0782. The average molecular weight is 355 g/mol. The summed E-state index contributed by atoms with van der Waals surface area (Å²) in [4.78, 5) is 10.7. The van der Waals surface area contributed by atoms with Gasteiger partial charge < -0.3 is 4.18 Å². The number of benzene rings is 2. The molecule has 2 aromatic carbocycles. The second-order valence-corrected chi connectivity index (χ2v) is 6.56. The Bertz CT molecular complexity index is 736. The third kappa shape index (κ3) is 3.26. The average Bonchev–Trinajstić information content (AvgIpc) is 2.41. The van der Waals surface area contributed by atoms with Crippen LogP contribution in [0.5, 0.6) is 5.75 Å². The smallest absolute Gasteiger partial charge is 0.339 e. The highest BCUT2D eigenvalue weighted by atomic mass is 79.9. The summed E-state index contributed by atoms with van der Waals surface area (Å²) in [6.07, 6.45) is 0.670. The van der Waals surface area contributed by atoms with Crippen molar-refractivity contribution in [3.63, 3.8) is 0 Å². The van der Waals surface area contributed by atoms with Gasteiger partial charge in [0.1, 0.15) is 11.2 Å². The summed E-state index contributed by atoms with van der Waals surface area (Å²) in [5, 5.41) is 0. The van der Waals surface area contributed by atoms with E-state index in [1.165, 1.54) is 30.3 Å². The molecule has 20 heavy (non-hydrogen) atoms. The van der Waals surface area contributed by atoms with Crippen molar-refractivity contribution >= 4 is 32.3 Å². The number of rotatable bonds is 4. The van der Waals surface area contributed by atoms with Crippen LogP contribution in [0.1, 0.15) is 15.9 Å². The van der Waals surface area contributed by atoms with Crippen LogP contribution in [0.4, 0.5) is 0 Å². The molecule has 104 valence electrons. The Labute approximate surface area is 125 Å². The maximum atomic E-state index is 12.1. The molecule has 6 heteroatoms. The maximum absolute atomic E-state index is 12.1. The molecule has 2 aromatic rings. The lowest BCUT2D eigenvalue weighted by Gasteiger charge is -2.09. The molecular formula is C14H11BrO4S. The van der Waals surface area contributed by atoms with Crippen molar-refractivity contribution in [3.8, 4) is 5.75 Å². The van der Waals surface area contributed by atoms with Crippen LogP contribution < -0.4 is 4.18 Å². The van der Waals surface area contributed by atoms with E-state index in [4.69, 9.17) is 4.18 Å². The fraction of sp³-hybridized carbons (Fsp3) is 0.0714. The Morgan fingerprint density at radius 3 is 2.30 bits per heavy atom. The van der Waals surface area contributed by atoms with E-state index in [1.807, 2.05) is 6.92 Å². The van der Waals surface area contributed by atoms with E-state index in [2.05, 4.69) is 15.9 Å². The van der Waals surface area contributed by atoms with Gasteiger partial charge in [-0.25, -0.2) is 0 Å². The fourth-order valence-corrected chi connectivity index (χ4v) is 3.06. The van der Waals surface area contributed by atoms with Crippen molar-refractivity contribution in [1.82, 2.24) is 0 Å². The van der Waals surface area contributed by atoms with Crippen LogP contribution in [0.2, 0.25) is 0 Å². The van der Waals surface area contributed by atoms with Crippen LogP contribution >= 0.6 is 15.9 Å². The molecule has 0 saturated heterocycles. The second-order valence-electron chi connectivity index (χ2n) is 4.16. The summed E-state index contributed by atoms with van der Waals surface area (Å²) in [7, 11) is -3.89. The van der Waals surface area contributed by atoms with Gasteiger partial charge in [0.2, 0.25) is 0 Å². The number of aryl methyl sites for hydroxylation is 1. The lowest BCUT2D eigenvalue weighted by molar-refractivity contribution is 0.112. The van der Waals surface area contributed by atoms with Crippen molar-refractivity contribution < 1.29 is 17.4 Å². The predicted molar refractivity (Wildman–Crippen MR) is 78.5 cm³/mol. The van der Waals surface area contributed by atoms with Crippen LogP contribution in [0.25, 0.3) is 0 Å². The maximum Gasteiger partial charge on any atom is 0.339 e. The standard InChI is InChI=1S/C14H11BrO4S/c1-10-2-5-12(6-3-10)20(17,18)19-14-7-4-11(9-16)8-13(14)15/h2-9H,1H3. The number of hydrogen-bond donors (Lipinski definition) is 0. The van der Waals surface area contributed by atoms with E-state index in [9.17, 15) is 13.2 Å². The molecule has 0 aliphatic carbocycles. The quantitative estimate of drug-likeness (QED) is 0.624.